The van der Waals surface area contributed by atoms with Crippen molar-refractivity contribution in [1.82, 2.24) is 5.32 Å². The molecular formula is C12H17N. The van der Waals surface area contributed by atoms with Gasteiger partial charge in [-0.3, -0.25) is 0 Å². The van der Waals surface area contributed by atoms with E-state index >= 15 is 0 Å². The second-order valence-corrected chi connectivity index (χ2v) is 3.82. The summed E-state index contributed by atoms with van der Waals surface area (Å²) >= 11 is 0. The van der Waals surface area contributed by atoms with Gasteiger partial charge in [-0.25, -0.2) is 0 Å². The first kappa shape index (κ1) is 9.88. The molecule has 0 spiro atoms. The highest BCUT2D eigenvalue weighted by atomic mass is 14.8. The molecule has 0 saturated carbocycles. The van der Waals surface area contributed by atoms with Crippen molar-refractivity contribution >= 4 is 0 Å². The van der Waals surface area contributed by atoms with Crippen LogP contribution in [0.5, 0.6) is 0 Å². The van der Waals surface area contributed by atoms with E-state index in [1.54, 1.807) is 0 Å². The first-order chi connectivity index (χ1) is 6.18. The van der Waals surface area contributed by atoms with Gasteiger partial charge in [0.15, 0.2) is 0 Å². The lowest BCUT2D eigenvalue weighted by atomic mass is 10.1. The molecule has 1 aliphatic carbocycles. The molecule has 0 atom stereocenters. The smallest absolute Gasteiger partial charge is 0.0813 e. The van der Waals surface area contributed by atoms with Gasteiger partial charge in [-0.1, -0.05) is 31.2 Å². The van der Waals surface area contributed by atoms with Crippen LogP contribution in [0.2, 0.25) is 0 Å². The summed E-state index contributed by atoms with van der Waals surface area (Å²) in [5, 5.41) is 3.21. The van der Waals surface area contributed by atoms with Crippen LogP contribution in [0.25, 0.3) is 0 Å². The van der Waals surface area contributed by atoms with Gasteiger partial charge < -0.3 is 5.32 Å². The van der Waals surface area contributed by atoms with Crippen LogP contribution in [0.1, 0.15) is 27.2 Å². The second-order valence-electron chi connectivity index (χ2n) is 3.82. The molecule has 1 heteroatoms. The van der Waals surface area contributed by atoms with E-state index in [0.29, 0.717) is 0 Å². The van der Waals surface area contributed by atoms with Crippen molar-refractivity contribution in [2.24, 2.45) is 5.92 Å². The maximum absolute atomic E-state index is 3.21. The number of allylic oxidation sites excluding steroid dienone is 3. The van der Waals surface area contributed by atoms with Crippen LogP contribution in [0.15, 0.2) is 41.4 Å². The molecule has 1 nitrogen and oxygen atoms in total. The molecular weight excluding hydrogens is 158 g/mol. The number of nitrogens with one attached hydrogen (secondary N) is 1. The Balaban J connectivity index is 2.39. The average Bonchev–Trinajstić information content (AvgIpc) is 2.51. The normalized spacial score (nSPS) is 15.4. The third kappa shape index (κ3) is 3.82. The fourth-order valence-electron chi connectivity index (χ4n) is 1.32. The van der Waals surface area contributed by atoms with E-state index in [0.717, 1.165) is 18.0 Å². The molecule has 1 rings (SSSR count). The summed E-state index contributed by atoms with van der Waals surface area (Å²) in [5.41, 5.74) is 5.51. The van der Waals surface area contributed by atoms with Gasteiger partial charge in [-0.15, -0.1) is 0 Å². The molecule has 0 unspecified atom stereocenters. The molecule has 0 fully saturated rings. The standard InChI is InChI=1S/C12H17N/c1-10(2)8-11(3)9-13-12-6-4-5-7-12/h4-6,9-10,13H,8H2,1-3H3/b11-9+. The zero-order chi connectivity index (χ0) is 9.68. The van der Waals surface area contributed by atoms with Crippen LogP contribution in [-0.4, -0.2) is 0 Å². The van der Waals surface area contributed by atoms with Crippen LogP contribution in [0.4, 0.5) is 0 Å². The predicted molar refractivity (Wildman–Crippen MR) is 57.1 cm³/mol. The fraction of sp³-hybridized carbons (Fsp3) is 0.417. The lowest BCUT2D eigenvalue weighted by Gasteiger charge is -2.05. The summed E-state index contributed by atoms with van der Waals surface area (Å²) in [6, 6.07) is 0. The van der Waals surface area contributed by atoms with Crippen molar-refractivity contribution in [3.63, 3.8) is 0 Å². The lowest BCUT2D eigenvalue weighted by molar-refractivity contribution is 0.639. The molecule has 13 heavy (non-hydrogen) atoms. The molecule has 0 aromatic rings. The molecule has 0 bridgehead atoms. The number of rotatable bonds is 4. The Hall–Kier alpha value is -1.20. The summed E-state index contributed by atoms with van der Waals surface area (Å²) in [6.07, 6.45) is 9.11. The minimum atomic E-state index is 0.724. The van der Waals surface area contributed by atoms with E-state index in [4.69, 9.17) is 0 Å². The maximum atomic E-state index is 3.21. The van der Waals surface area contributed by atoms with Crippen LogP contribution in [0, 0.1) is 5.92 Å². The zero-order valence-corrected chi connectivity index (χ0v) is 8.59. The van der Waals surface area contributed by atoms with Crippen molar-refractivity contribution < 1.29 is 0 Å². The molecule has 0 aliphatic heterocycles. The quantitative estimate of drug-likeness (QED) is 0.647. The topological polar surface area (TPSA) is 12.0 Å². The highest BCUT2D eigenvalue weighted by molar-refractivity contribution is 5.28. The van der Waals surface area contributed by atoms with Crippen LogP contribution in [0.3, 0.4) is 0 Å². The van der Waals surface area contributed by atoms with E-state index in [1.165, 1.54) is 5.57 Å². The summed E-state index contributed by atoms with van der Waals surface area (Å²) in [6.45, 7) is 6.61. The summed E-state index contributed by atoms with van der Waals surface area (Å²) in [5.74, 6) is 0.724. The van der Waals surface area contributed by atoms with E-state index in [-0.39, 0.29) is 0 Å². The predicted octanol–water partition coefficient (Wildman–Crippen LogP) is 3.13. The third-order valence-electron chi connectivity index (χ3n) is 1.80. The zero-order valence-electron chi connectivity index (χ0n) is 8.59. The van der Waals surface area contributed by atoms with Crippen molar-refractivity contribution in [2.45, 2.75) is 27.2 Å². The minimum Gasteiger partial charge on any atom is -0.355 e. The molecule has 0 saturated heterocycles. The van der Waals surface area contributed by atoms with Gasteiger partial charge in [0, 0.05) is 6.20 Å². The maximum Gasteiger partial charge on any atom is 0.0813 e. The Morgan fingerprint density at radius 1 is 1.62 bits per heavy atom. The molecule has 0 heterocycles. The van der Waals surface area contributed by atoms with Crippen molar-refractivity contribution in [1.29, 1.82) is 0 Å². The Bertz CT molecular complexity index is 286. The van der Waals surface area contributed by atoms with Gasteiger partial charge in [0.25, 0.3) is 0 Å². The highest BCUT2D eigenvalue weighted by Crippen LogP contribution is 2.09. The number of hydrogen-bond donors (Lipinski definition) is 1. The van der Waals surface area contributed by atoms with E-state index in [2.05, 4.69) is 38.0 Å². The molecule has 0 amide bonds. The largest absolute Gasteiger partial charge is 0.355 e. The van der Waals surface area contributed by atoms with Crippen molar-refractivity contribution in [3.05, 3.63) is 41.4 Å². The van der Waals surface area contributed by atoms with Crippen LogP contribution < -0.4 is 5.32 Å². The molecule has 0 aromatic carbocycles. The minimum absolute atomic E-state index is 0.724. The van der Waals surface area contributed by atoms with Gasteiger partial charge in [0.1, 0.15) is 0 Å². The highest BCUT2D eigenvalue weighted by Gasteiger charge is 1.95. The summed E-state index contributed by atoms with van der Waals surface area (Å²) < 4.78 is 0. The van der Waals surface area contributed by atoms with Gasteiger partial charge in [-0.05, 0) is 31.4 Å². The first-order valence-corrected chi connectivity index (χ1v) is 4.74. The summed E-state index contributed by atoms with van der Waals surface area (Å²) in [4.78, 5) is 0. The Morgan fingerprint density at radius 3 is 2.92 bits per heavy atom. The third-order valence-corrected chi connectivity index (χ3v) is 1.80. The van der Waals surface area contributed by atoms with Gasteiger partial charge >= 0.3 is 0 Å². The van der Waals surface area contributed by atoms with Crippen LogP contribution >= 0.6 is 0 Å². The monoisotopic (exact) mass is 175 g/mol. The molecule has 70 valence electrons. The Labute approximate surface area is 80.5 Å². The van der Waals surface area contributed by atoms with Gasteiger partial charge in [0.2, 0.25) is 0 Å². The number of hydrogen-bond acceptors (Lipinski definition) is 1. The fourth-order valence-corrected chi connectivity index (χ4v) is 1.32. The van der Waals surface area contributed by atoms with Gasteiger partial charge in [-0.2, -0.15) is 0 Å². The Kier molecular flexibility index (Phi) is 3.60. The van der Waals surface area contributed by atoms with Gasteiger partial charge in [0.05, 0.1) is 5.70 Å². The SMILES string of the molecule is C/C(=C\NC1=C=CC=C1)CC(C)C. The van der Waals surface area contributed by atoms with E-state index < -0.39 is 0 Å². The van der Waals surface area contributed by atoms with E-state index in [9.17, 15) is 0 Å². The molecule has 1 N–H and O–H groups in total. The van der Waals surface area contributed by atoms with E-state index in [1.807, 2.05) is 18.2 Å². The molecule has 0 radical (unpaired) electrons. The molecule has 1 aliphatic rings. The van der Waals surface area contributed by atoms with Crippen molar-refractivity contribution in [2.75, 3.05) is 0 Å². The molecule has 0 aromatic heterocycles. The lowest BCUT2D eigenvalue weighted by Crippen LogP contribution is -2.02. The first-order valence-electron chi connectivity index (χ1n) is 4.74. The second kappa shape index (κ2) is 4.74. The Morgan fingerprint density at radius 2 is 2.38 bits per heavy atom. The van der Waals surface area contributed by atoms with Crippen LogP contribution in [-0.2, 0) is 0 Å². The summed E-state index contributed by atoms with van der Waals surface area (Å²) in [7, 11) is 0. The van der Waals surface area contributed by atoms with Crippen molar-refractivity contribution in [3.8, 4) is 0 Å². The average molecular weight is 175 g/mol.